The number of carboxylic acids is 1. The van der Waals surface area contributed by atoms with Crippen LogP contribution in [0.15, 0.2) is 30.8 Å². The standard InChI is InChI=1S/C16H16N2O4/c1-9-12-4-2-3-5-13(12)15(20)18(9)8-14(19)17-11-6-10(7-11)16(21)22/h2-5,10-11H,1,6-8H2,(H,17,19)(H,21,22). The van der Waals surface area contributed by atoms with Gasteiger partial charge < -0.3 is 10.4 Å². The molecule has 1 fully saturated rings. The molecule has 0 bridgehead atoms. The second kappa shape index (κ2) is 5.29. The maximum Gasteiger partial charge on any atom is 0.306 e. The minimum atomic E-state index is -0.830. The lowest BCUT2D eigenvalue weighted by Crippen LogP contribution is -2.49. The summed E-state index contributed by atoms with van der Waals surface area (Å²) in [5.74, 6) is -1.73. The molecule has 6 nitrogen and oxygen atoms in total. The van der Waals surface area contributed by atoms with Gasteiger partial charge in [-0.1, -0.05) is 24.8 Å². The molecule has 0 aromatic heterocycles. The van der Waals surface area contributed by atoms with E-state index in [0.29, 0.717) is 24.1 Å². The van der Waals surface area contributed by atoms with E-state index in [0.717, 1.165) is 5.56 Å². The predicted octanol–water partition coefficient (Wildman–Crippen LogP) is 1.09. The number of aliphatic carboxylic acids is 1. The van der Waals surface area contributed by atoms with Crippen molar-refractivity contribution < 1.29 is 19.5 Å². The number of carbonyl (C=O) groups is 3. The van der Waals surface area contributed by atoms with E-state index >= 15 is 0 Å². The zero-order valence-corrected chi connectivity index (χ0v) is 11.9. The number of hydrogen-bond acceptors (Lipinski definition) is 3. The van der Waals surface area contributed by atoms with Crippen LogP contribution in [-0.4, -0.2) is 40.4 Å². The molecular formula is C16H16N2O4. The molecule has 1 aliphatic carbocycles. The van der Waals surface area contributed by atoms with E-state index < -0.39 is 5.97 Å². The number of rotatable bonds is 4. The summed E-state index contributed by atoms with van der Waals surface area (Å²) in [6, 6.07) is 6.98. The predicted molar refractivity (Wildman–Crippen MR) is 78.8 cm³/mol. The number of nitrogens with one attached hydrogen (secondary N) is 1. The fourth-order valence-corrected chi connectivity index (χ4v) is 2.86. The first kappa shape index (κ1) is 14.3. The number of benzene rings is 1. The fourth-order valence-electron chi connectivity index (χ4n) is 2.86. The summed E-state index contributed by atoms with van der Waals surface area (Å²) in [5.41, 5.74) is 1.82. The monoisotopic (exact) mass is 300 g/mol. The SMILES string of the molecule is C=C1c2ccccc2C(=O)N1CC(=O)NC1CC(C(=O)O)C1. The van der Waals surface area contributed by atoms with Gasteiger partial charge in [-0.25, -0.2) is 0 Å². The van der Waals surface area contributed by atoms with Crippen molar-refractivity contribution in [1.29, 1.82) is 0 Å². The average molecular weight is 300 g/mol. The molecule has 0 atom stereocenters. The van der Waals surface area contributed by atoms with Crippen LogP contribution in [0.3, 0.4) is 0 Å². The van der Waals surface area contributed by atoms with Gasteiger partial charge in [-0.05, 0) is 18.9 Å². The molecule has 114 valence electrons. The molecule has 0 spiro atoms. The van der Waals surface area contributed by atoms with E-state index in [-0.39, 0.29) is 30.3 Å². The molecule has 6 heteroatoms. The third-order valence-corrected chi connectivity index (χ3v) is 4.19. The van der Waals surface area contributed by atoms with Crippen molar-refractivity contribution in [1.82, 2.24) is 10.2 Å². The van der Waals surface area contributed by atoms with Crippen molar-refractivity contribution >= 4 is 23.5 Å². The second-order valence-electron chi connectivity index (χ2n) is 5.65. The Labute approximate surface area is 127 Å². The first-order valence-corrected chi connectivity index (χ1v) is 7.09. The molecule has 22 heavy (non-hydrogen) atoms. The van der Waals surface area contributed by atoms with Crippen LogP contribution in [0.5, 0.6) is 0 Å². The van der Waals surface area contributed by atoms with Gasteiger partial charge in [0.1, 0.15) is 6.54 Å². The van der Waals surface area contributed by atoms with Gasteiger partial charge in [0, 0.05) is 22.9 Å². The molecule has 1 aromatic carbocycles. The van der Waals surface area contributed by atoms with Crippen LogP contribution < -0.4 is 5.32 Å². The Morgan fingerprint density at radius 3 is 2.50 bits per heavy atom. The van der Waals surface area contributed by atoms with Gasteiger partial charge >= 0.3 is 5.97 Å². The van der Waals surface area contributed by atoms with Crippen molar-refractivity contribution in [3.8, 4) is 0 Å². The largest absolute Gasteiger partial charge is 0.481 e. The van der Waals surface area contributed by atoms with Crippen LogP contribution in [0.1, 0.15) is 28.8 Å². The minimum Gasteiger partial charge on any atom is -0.481 e. The highest BCUT2D eigenvalue weighted by atomic mass is 16.4. The van der Waals surface area contributed by atoms with E-state index in [9.17, 15) is 14.4 Å². The van der Waals surface area contributed by atoms with Crippen molar-refractivity contribution in [2.24, 2.45) is 5.92 Å². The van der Waals surface area contributed by atoms with Crippen molar-refractivity contribution in [2.75, 3.05) is 6.54 Å². The summed E-state index contributed by atoms with van der Waals surface area (Å²) in [7, 11) is 0. The molecule has 1 saturated carbocycles. The molecule has 1 heterocycles. The van der Waals surface area contributed by atoms with Gasteiger partial charge in [-0.3, -0.25) is 19.3 Å². The molecular weight excluding hydrogens is 284 g/mol. The zero-order chi connectivity index (χ0) is 15.9. The Bertz CT molecular complexity index is 641. The normalized spacial score (nSPS) is 23.0. The van der Waals surface area contributed by atoms with E-state index in [1.807, 2.05) is 6.07 Å². The topological polar surface area (TPSA) is 86.7 Å². The van der Waals surface area contributed by atoms with Gasteiger partial charge in [0.05, 0.1) is 5.92 Å². The molecule has 3 rings (SSSR count). The van der Waals surface area contributed by atoms with Gasteiger partial charge in [-0.2, -0.15) is 0 Å². The van der Waals surface area contributed by atoms with E-state index in [2.05, 4.69) is 11.9 Å². The van der Waals surface area contributed by atoms with Crippen LogP contribution >= 0.6 is 0 Å². The average Bonchev–Trinajstić information content (AvgIpc) is 2.68. The number of amides is 2. The molecule has 1 aromatic rings. The zero-order valence-electron chi connectivity index (χ0n) is 11.9. The highest BCUT2D eigenvalue weighted by Crippen LogP contribution is 2.31. The summed E-state index contributed by atoms with van der Waals surface area (Å²) in [6.07, 6.45) is 0.881. The van der Waals surface area contributed by atoms with Gasteiger partial charge in [0.15, 0.2) is 0 Å². The molecule has 0 radical (unpaired) electrons. The number of carbonyl (C=O) groups excluding carboxylic acids is 2. The summed E-state index contributed by atoms with van der Waals surface area (Å²) in [4.78, 5) is 36.4. The fraction of sp³-hybridized carbons (Fsp3) is 0.312. The van der Waals surface area contributed by atoms with Crippen molar-refractivity contribution in [2.45, 2.75) is 18.9 Å². The quantitative estimate of drug-likeness (QED) is 0.871. The maximum atomic E-state index is 12.3. The molecule has 0 unspecified atom stereocenters. The number of nitrogens with zero attached hydrogens (tertiary/aromatic N) is 1. The van der Waals surface area contributed by atoms with Crippen LogP contribution in [0.2, 0.25) is 0 Å². The highest BCUT2D eigenvalue weighted by Gasteiger charge is 2.37. The summed E-state index contributed by atoms with van der Waals surface area (Å²) in [5, 5.41) is 11.6. The Morgan fingerprint density at radius 2 is 1.91 bits per heavy atom. The highest BCUT2D eigenvalue weighted by molar-refractivity contribution is 6.10. The van der Waals surface area contributed by atoms with Crippen LogP contribution in [-0.2, 0) is 9.59 Å². The Morgan fingerprint density at radius 1 is 1.27 bits per heavy atom. The second-order valence-corrected chi connectivity index (χ2v) is 5.65. The lowest BCUT2D eigenvalue weighted by molar-refractivity contribution is -0.146. The third kappa shape index (κ3) is 2.36. The molecule has 2 amide bonds. The Kier molecular flexibility index (Phi) is 3.44. The smallest absolute Gasteiger partial charge is 0.306 e. The lowest BCUT2D eigenvalue weighted by Gasteiger charge is -2.33. The number of fused-ring (bicyclic) bond motifs is 1. The van der Waals surface area contributed by atoms with Crippen LogP contribution in [0.25, 0.3) is 5.70 Å². The van der Waals surface area contributed by atoms with Crippen molar-refractivity contribution in [3.05, 3.63) is 42.0 Å². The van der Waals surface area contributed by atoms with Gasteiger partial charge in [0.2, 0.25) is 5.91 Å². The van der Waals surface area contributed by atoms with E-state index in [4.69, 9.17) is 5.11 Å². The van der Waals surface area contributed by atoms with Gasteiger partial charge in [-0.15, -0.1) is 0 Å². The molecule has 2 aliphatic rings. The Balaban J connectivity index is 1.58. The molecule has 2 N–H and O–H groups in total. The van der Waals surface area contributed by atoms with E-state index in [1.54, 1.807) is 18.2 Å². The van der Waals surface area contributed by atoms with Crippen LogP contribution in [0.4, 0.5) is 0 Å². The summed E-state index contributed by atoms with van der Waals surface area (Å²) < 4.78 is 0. The summed E-state index contributed by atoms with van der Waals surface area (Å²) in [6.45, 7) is 3.78. The Hall–Kier alpha value is -2.63. The lowest BCUT2D eigenvalue weighted by atomic mass is 9.80. The van der Waals surface area contributed by atoms with Crippen LogP contribution in [0, 0.1) is 5.92 Å². The van der Waals surface area contributed by atoms with E-state index in [1.165, 1.54) is 4.90 Å². The molecule has 1 aliphatic heterocycles. The minimum absolute atomic E-state index is 0.0966. The number of hydrogen-bond donors (Lipinski definition) is 2. The first-order chi connectivity index (χ1) is 10.5. The number of carboxylic acid groups (broad SMARTS) is 1. The third-order valence-electron chi connectivity index (χ3n) is 4.19. The maximum absolute atomic E-state index is 12.3. The molecule has 0 saturated heterocycles. The van der Waals surface area contributed by atoms with Gasteiger partial charge in [0.25, 0.3) is 5.91 Å². The van der Waals surface area contributed by atoms with Crippen molar-refractivity contribution in [3.63, 3.8) is 0 Å². The summed E-state index contributed by atoms with van der Waals surface area (Å²) >= 11 is 0. The first-order valence-electron chi connectivity index (χ1n) is 7.09.